The molecule has 20 heavy (non-hydrogen) atoms. The van der Waals surface area contributed by atoms with E-state index in [0.717, 1.165) is 13.0 Å². The molecular weight excluding hydrogens is 274 g/mol. The maximum absolute atomic E-state index is 11.4. The van der Waals surface area contributed by atoms with Crippen molar-refractivity contribution in [1.29, 1.82) is 0 Å². The summed E-state index contributed by atoms with van der Waals surface area (Å²) in [5.41, 5.74) is -1.91. The minimum absolute atomic E-state index is 0.422. The van der Waals surface area contributed by atoms with Gasteiger partial charge in [0.25, 0.3) is 5.69 Å². The van der Waals surface area contributed by atoms with Crippen molar-refractivity contribution < 1.29 is 24.2 Å². The van der Waals surface area contributed by atoms with Crippen molar-refractivity contribution in [1.82, 2.24) is 5.32 Å². The number of nitrogens with zero attached hydrogens (tertiary/aromatic N) is 2. The van der Waals surface area contributed by atoms with E-state index in [1.807, 2.05) is 0 Å². The van der Waals surface area contributed by atoms with Crippen molar-refractivity contribution in [2.75, 3.05) is 7.05 Å². The molecule has 0 saturated heterocycles. The molecule has 1 N–H and O–H groups in total. The second-order valence-electron chi connectivity index (χ2n) is 3.55. The van der Waals surface area contributed by atoms with E-state index in [0.29, 0.717) is 6.07 Å². The zero-order chi connectivity index (χ0) is 15.4. The highest BCUT2D eigenvalue weighted by Crippen LogP contribution is 2.35. The Balaban J connectivity index is 3.59. The van der Waals surface area contributed by atoms with Gasteiger partial charge in [-0.05, 0) is 6.92 Å². The summed E-state index contributed by atoms with van der Waals surface area (Å²) in [6, 6.07) is 1.43. The summed E-state index contributed by atoms with van der Waals surface area (Å²) in [5, 5.41) is 23.6. The number of hydrogen-bond donors (Lipinski definition) is 1. The first-order valence-corrected chi connectivity index (χ1v) is 5.15. The summed E-state index contributed by atoms with van der Waals surface area (Å²) < 4.78 is 4.65. The van der Waals surface area contributed by atoms with Crippen LogP contribution in [-0.2, 0) is 0 Å². The highest BCUT2D eigenvalue weighted by molar-refractivity contribution is 5.99. The summed E-state index contributed by atoms with van der Waals surface area (Å²) in [7, 11) is 1.22. The molecule has 0 saturated carbocycles. The number of rotatable bonds is 4. The summed E-state index contributed by atoms with van der Waals surface area (Å²) >= 11 is 0. The van der Waals surface area contributed by atoms with Gasteiger partial charge in [-0.2, -0.15) is 0 Å². The molecule has 1 amide bonds. The molecule has 0 aromatic heterocycles. The Labute approximate surface area is 111 Å². The Morgan fingerprint density at radius 3 is 2.20 bits per heavy atom. The molecule has 1 rings (SSSR count). The third-order valence-electron chi connectivity index (χ3n) is 2.24. The number of benzene rings is 1. The van der Waals surface area contributed by atoms with Crippen molar-refractivity contribution >= 4 is 23.3 Å². The lowest BCUT2D eigenvalue weighted by Gasteiger charge is -2.08. The van der Waals surface area contributed by atoms with Crippen LogP contribution in [0.4, 0.5) is 16.2 Å². The van der Waals surface area contributed by atoms with E-state index >= 15 is 0 Å². The molecule has 0 unspecified atom stereocenters. The summed E-state index contributed by atoms with van der Waals surface area (Å²) in [6.45, 7) is 1.04. The molecule has 0 bridgehead atoms. The van der Waals surface area contributed by atoms with Crippen molar-refractivity contribution in [2.45, 2.75) is 6.92 Å². The molecule has 0 radical (unpaired) electrons. The number of carbonyl (C=O) groups is 2. The molecule has 1 aromatic carbocycles. The standard InChI is InChI=1S/C10H9N3O7/c1-5(14)7-3-6(12(16)17)4-8(13(18)19)9(7)20-10(15)11-2/h3-4H,1-2H3,(H,11,15). The van der Waals surface area contributed by atoms with E-state index in [-0.39, 0.29) is 0 Å². The Kier molecular flexibility index (Phi) is 4.31. The van der Waals surface area contributed by atoms with E-state index in [9.17, 15) is 29.8 Å². The van der Waals surface area contributed by atoms with Gasteiger partial charge < -0.3 is 10.1 Å². The SMILES string of the molecule is CNC(=O)Oc1c(C(C)=O)cc([N+](=O)[O-])cc1[N+](=O)[O-]. The minimum atomic E-state index is -1.04. The average molecular weight is 283 g/mol. The number of amides is 1. The van der Waals surface area contributed by atoms with Crippen molar-refractivity contribution in [3.05, 3.63) is 37.9 Å². The van der Waals surface area contributed by atoms with Crippen LogP contribution in [0.5, 0.6) is 5.75 Å². The molecular formula is C10H9N3O7. The largest absolute Gasteiger partial charge is 0.412 e. The lowest BCUT2D eigenvalue weighted by molar-refractivity contribution is -0.394. The van der Waals surface area contributed by atoms with E-state index in [4.69, 9.17) is 0 Å². The molecule has 0 fully saturated rings. The van der Waals surface area contributed by atoms with Gasteiger partial charge in [0.2, 0.25) is 5.75 Å². The van der Waals surface area contributed by atoms with Crippen molar-refractivity contribution in [3.8, 4) is 5.75 Å². The highest BCUT2D eigenvalue weighted by atomic mass is 16.6. The van der Waals surface area contributed by atoms with Gasteiger partial charge in [-0.3, -0.25) is 25.0 Å². The highest BCUT2D eigenvalue weighted by Gasteiger charge is 2.28. The van der Waals surface area contributed by atoms with Gasteiger partial charge in [0.05, 0.1) is 21.5 Å². The van der Waals surface area contributed by atoms with Gasteiger partial charge in [0, 0.05) is 13.1 Å². The third kappa shape index (κ3) is 3.04. The molecule has 0 aliphatic carbocycles. The Hall–Kier alpha value is -3.04. The van der Waals surface area contributed by atoms with E-state index in [1.165, 1.54) is 7.05 Å². The number of non-ortho nitro benzene ring substituents is 1. The molecule has 0 aliphatic heterocycles. The van der Waals surface area contributed by atoms with Gasteiger partial charge in [0.15, 0.2) is 5.78 Å². The van der Waals surface area contributed by atoms with Crippen molar-refractivity contribution in [2.24, 2.45) is 0 Å². The van der Waals surface area contributed by atoms with Crippen LogP contribution in [0.1, 0.15) is 17.3 Å². The molecule has 0 spiro atoms. The van der Waals surface area contributed by atoms with Gasteiger partial charge in [-0.1, -0.05) is 0 Å². The maximum atomic E-state index is 11.4. The van der Waals surface area contributed by atoms with Crippen LogP contribution >= 0.6 is 0 Å². The normalized spacial score (nSPS) is 9.70. The molecule has 106 valence electrons. The predicted octanol–water partition coefficient (Wildman–Crippen LogP) is 1.42. The number of nitro groups is 2. The fourth-order valence-corrected chi connectivity index (χ4v) is 1.35. The monoisotopic (exact) mass is 283 g/mol. The summed E-state index contributed by atoms with van der Waals surface area (Å²) in [6.07, 6.45) is -1.04. The topological polar surface area (TPSA) is 142 Å². The van der Waals surface area contributed by atoms with Gasteiger partial charge in [-0.15, -0.1) is 0 Å². The van der Waals surface area contributed by atoms with E-state index in [2.05, 4.69) is 10.1 Å². The summed E-state index contributed by atoms with van der Waals surface area (Å²) in [4.78, 5) is 42.3. The molecule has 0 atom stereocenters. The Morgan fingerprint density at radius 1 is 1.20 bits per heavy atom. The quantitative estimate of drug-likeness (QED) is 0.500. The van der Waals surface area contributed by atoms with Crippen LogP contribution in [-0.4, -0.2) is 28.8 Å². The third-order valence-corrected chi connectivity index (χ3v) is 2.24. The number of nitrogens with one attached hydrogen (secondary N) is 1. The lowest BCUT2D eigenvalue weighted by Crippen LogP contribution is -2.23. The zero-order valence-electron chi connectivity index (χ0n) is 10.4. The molecule has 10 nitrogen and oxygen atoms in total. The van der Waals surface area contributed by atoms with Crippen LogP contribution in [0.3, 0.4) is 0 Å². The second-order valence-corrected chi connectivity index (χ2v) is 3.55. The smallest absolute Gasteiger partial charge is 0.402 e. The van der Waals surface area contributed by atoms with Crippen LogP contribution in [0.2, 0.25) is 0 Å². The predicted molar refractivity (Wildman–Crippen MR) is 64.8 cm³/mol. The maximum Gasteiger partial charge on any atom is 0.412 e. The number of Topliss-reactive ketones (excluding diaryl/α,β-unsaturated/α-hetero) is 1. The Bertz CT molecular complexity index is 576. The first-order chi connectivity index (χ1) is 9.27. The van der Waals surface area contributed by atoms with Crippen LogP contribution in [0, 0.1) is 20.2 Å². The fourth-order valence-electron chi connectivity index (χ4n) is 1.35. The zero-order valence-corrected chi connectivity index (χ0v) is 10.4. The molecule has 1 aromatic rings. The lowest BCUT2D eigenvalue weighted by atomic mass is 10.1. The number of ketones is 1. The molecule has 0 aliphatic rings. The first-order valence-electron chi connectivity index (χ1n) is 5.15. The number of nitro benzene ring substituents is 2. The number of hydrogen-bond acceptors (Lipinski definition) is 7. The number of ether oxygens (including phenoxy) is 1. The second kappa shape index (κ2) is 5.73. The number of carbonyl (C=O) groups excluding carboxylic acids is 2. The van der Waals surface area contributed by atoms with Crippen LogP contribution < -0.4 is 10.1 Å². The summed E-state index contributed by atoms with van der Waals surface area (Å²) in [5.74, 6) is -1.34. The molecule has 0 heterocycles. The molecule has 10 heteroatoms. The van der Waals surface area contributed by atoms with E-state index < -0.39 is 44.4 Å². The van der Waals surface area contributed by atoms with Gasteiger partial charge >= 0.3 is 11.8 Å². The van der Waals surface area contributed by atoms with Gasteiger partial charge in [0.1, 0.15) is 0 Å². The minimum Gasteiger partial charge on any atom is -0.402 e. The van der Waals surface area contributed by atoms with Crippen LogP contribution in [0.25, 0.3) is 0 Å². The van der Waals surface area contributed by atoms with Gasteiger partial charge in [-0.25, -0.2) is 4.79 Å². The van der Waals surface area contributed by atoms with E-state index in [1.54, 1.807) is 0 Å². The average Bonchev–Trinajstić information content (AvgIpc) is 2.37. The first kappa shape index (κ1) is 15.0. The van der Waals surface area contributed by atoms with Crippen molar-refractivity contribution in [3.63, 3.8) is 0 Å². The fraction of sp³-hybridized carbons (Fsp3) is 0.200. The Morgan fingerprint density at radius 2 is 1.80 bits per heavy atom. The van der Waals surface area contributed by atoms with Crippen LogP contribution in [0.15, 0.2) is 12.1 Å².